The van der Waals surface area contributed by atoms with Crippen molar-refractivity contribution >= 4 is 17.2 Å². The molecule has 0 aliphatic carbocycles. The molecular weight excluding hydrogens is 218 g/mol. The number of carbonyl (C=O) groups is 1. The lowest BCUT2D eigenvalue weighted by Crippen LogP contribution is -2.17. The summed E-state index contributed by atoms with van der Waals surface area (Å²) >= 11 is 0. The maximum atomic E-state index is 11.0. The zero-order valence-electron chi connectivity index (χ0n) is 9.33. The Bertz CT molecular complexity index is 570. The summed E-state index contributed by atoms with van der Waals surface area (Å²) in [7, 11) is 0. The zero-order valence-corrected chi connectivity index (χ0v) is 9.33. The third-order valence-electron chi connectivity index (χ3n) is 3.21. The van der Waals surface area contributed by atoms with Crippen LogP contribution in [0.3, 0.4) is 0 Å². The molecule has 0 aromatic carbocycles. The van der Waals surface area contributed by atoms with Crippen LogP contribution in [0.4, 0.5) is 5.69 Å². The summed E-state index contributed by atoms with van der Waals surface area (Å²) in [5, 5.41) is 13.1. The van der Waals surface area contributed by atoms with Gasteiger partial charge in [0.05, 0.1) is 11.7 Å². The number of fused-ring (bicyclic) bond motifs is 1. The van der Waals surface area contributed by atoms with Gasteiger partial charge in [-0.2, -0.15) is 5.10 Å². The molecule has 0 spiro atoms. The molecule has 3 heterocycles. The molecule has 0 bridgehead atoms. The Labute approximate surface area is 98.3 Å². The highest BCUT2D eigenvalue weighted by molar-refractivity contribution is 5.95. The molecule has 0 saturated carbocycles. The SMILES string of the molecule is O=C(O)c1cnn2ccc(N3CCCC3)cc12. The van der Waals surface area contributed by atoms with Gasteiger partial charge < -0.3 is 10.0 Å². The Hall–Kier alpha value is -2.04. The lowest BCUT2D eigenvalue weighted by molar-refractivity contribution is 0.0699. The van der Waals surface area contributed by atoms with Gasteiger partial charge in [-0.3, -0.25) is 0 Å². The lowest BCUT2D eigenvalue weighted by atomic mass is 10.2. The predicted molar refractivity (Wildman–Crippen MR) is 63.6 cm³/mol. The Morgan fingerprint density at radius 1 is 1.35 bits per heavy atom. The van der Waals surface area contributed by atoms with Gasteiger partial charge in [-0.25, -0.2) is 9.31 Å². The van der Waals surface area contributed by atoms with Crippen molar-refractivity contribution in [3.63, 3.8) is 0 Å². The smallest absolute Gasteiger partial charge is 0.339 e. The monoisotopic (exact) mass is 231 g/mol. The van der Waals surface area contributed by atoms with Gasteiger partial charge in [-0.1, -0.05) is 0 Å². The summed E-state index contributed by atoms with van der Waals surface area (Å²) in [5.74, 6) is -0.932. The van der Waals surface area contributed by atoms with Crippen molar-refractivity contribution < 1.29 is 9.90 Å². The number of hydrogen-bond acceptors (Lipinski definition) is 3. The molecule has 0 radical (unpaired) electrons. The molecule has 2 aromatic rings. The van der Waals surface area contributed by atoms with Crippen LogP contribution in [0.15, 0.2) is 24.5 Å². The quantitative estimate of drug-likeness (QED) is 0.853. The number of aromatic nitrogens is 2. The third-order valence-corrected chi connectivity index (χ3v) is 3.21. The average Bonchev–Trinajstić information content (AvgIpc) is 2.97. The lowest BCUT2D eigenvalue weighted by Gasteiger charge is -2.17. The summed E-state index contributed by atoms with van der Waals surface area (Å²) in [6.45, 7) is 2.10. The van der Waals surface area contributed by atoms with Crippen LogP contribution < -0.4 is 4.90 Å². The highest BCUT2D eigenvalue weighted by atomic mass is 16.4. The first-order valence-corrected chi connectivity index (χ1v) is 5.71. The molecule has 1 saturated heterocycles. The van der Waals surface area contributed by atoms with Gasteiger partial charge >= 0.3 is 5.97 Å². The maximum absolute atomic E-state index is 11.0. The van der Waals surface area contributed by atoms with Crippen LogP contribution in [0.1, 0.15) is 23.2 Å². The Kier molecular flexibility index (Phi) is 2.24. The number of hydrogen-bond donors (Lipinski definition) is 1. The van der Waals surface area contributed by atoms with Crippen LogP contribution in [-0.2, 0) is 0 Å². The molecule has 1 aliphatic heterocycles. The summed E-state index contributed by atoms with van der Waals surface area (Å²) in [6, 6.07) is 3.89. The predicted octanol–water partition coefficient (Wildman–Crippen LogP) is 1.63. The third kappa shape index (κ3) is 1.63. The van der Waals surface area contributed by atoms with Crippen molar-refractivity contribution in [2.45, 2.75) is 12.8 Å². The van der Waals surface area contributed by atoms with E-state index in [1.165, 1.54) is 19.0 Å². The molecule has 0 atom stereocenters. The summed E-state index contributed by atoms with van der Waals surface area (Å²) in [6.07, 6.45) is 5.62. The summed E-state index contributed by atoms with van der Waals surface area (Å²) in [5.41, 5.74) is 1.99. The van der Waals surface area contributed by atoms with Gasteiger partial charge in [-0.15, -0.1) is 0 Å². The molecule has 0 amide bonds. The van der Waals surface area contributed by atoms with Gasteiger partial charge in [0, 0.05) is 25.0 Å². The molecule has 17 heavy (non-hydrogen) atoms. The van der Waals surface area contributed by atoms with E-state index in [-0.39, 0.29) is 5.56 Å². The fourth-order valence-electron chi connectivity index (χ4n) is 2.31. The van der Waals surface area contributed by atoms with Crippen LogP contribution in [0.2, 0.25) is 0 Å². The van der Waals surface area contributed by atoms with Gasteiger partial charge in [0.25, 0.3) is 0 Å². The number of aromatic carboxylic acids is 1. The fourth-order valence-corrected chi connectivity index (χ4v) is 2.31. The van der Waals surface area contributed by atoms with E-state index in [1.54, 1.807) is 4.52 Å². The van der Waals surface area contributed by atoms with Crippen molar-refractivity contribution in [2.75, 3.05) is 18.0 Å². The van der Waals surface area contributed by atoms with E-state index >= 15 is 0 Å². The van der Waals surface area contributed by atoms with Crippen LogP contribution >= 0.6 is 0 Å². The van der Waals surface area contributed by atoms with Gasteiger partial charge in [-0.05, 0) is 25.0 Å². The molecule has 1 aliphatic rings. The van der Waals surface area contributed by atoms with Crippen LogP contribution in [0.5, 0.6) is 0 Å². The zero-order chi connectivity index (χ0) is 11.8. The Morgan fingerprint density at radius 3 is 2.82 bits per heavy atom. The summed E-state index contributed by atoms with van der Waals surface area (Å²) in [4.78, 5) is 13.3. The van der Waals surface area contributed by atoms with E-state index in [1.807, 2.05) is 18.3 Å². The van der Waals surface area contributed by atoms with Crippen LogP contribution in [0.25, 0.3) is 5.52 Å². The molecule has 1 fully saturated rings. The molecule has 5 nitrogen and oxygen atoms in total. The molecule has 88 valence electrons. The standard InChI is InChI=1S/C12H13N3O2/c16-12(17)10-8-13-15-6-3-9(7-11(10)15)14-4-1-2-5-14/h3,6-8H,1-2,4-5H2,(H,16,17). The summed E-state index contributed by atoms with van der Waals surface area (Å²) < 4.78 is 1.60. The van der Waals surface area contributed by atoms with Gasteiger partial charge in [0.2, 0.25) is 0 Å². The van der Waals surface area contributed by atoms with Crippen molar-refractivity contribution in [1.29, 1.82) is 0 Å². The minimum Gasteiger partial charge on any atom is -0.478 e. The van der Waals surface area contributed by atoms with E-state index in [9.17, 15) is 4.79 Å². The molecule has 1 N–H and O–H groups in total. The molecule has 2 aromatic heterocycles. The van der Waals surface area contributed by atoms with Crippen LogP contribution in [-0.4, -0.2) is 33.8 Å². The number of pyridine rings is 1. The van der Waals surface area contributed by atoms with Crippen molar-refractivity contribution in [1.82, 2.24) is 9.61 Å². The molecule has 5 heteroatoms. The highest BCUT2D eigenvalue weighted by Crippen LogP contribution is 2.23. The van der Waals surface area contributed by atoms with Gasteiger partial charge in [0.1, 0.15) is 5.56 Å². The normalized spacial score (nSPS) is 15.6. The minimum atomic E-state index is -0.932. The van der Waals surface area contributed by atoms with Crippen molar-refractivity contribution in [3.8, 4) is 0 Å². The number of carboxylic acids is 1. The number of nitrogens with zero attached hydrogens (tertiary/aromatic N) is 3. The molecule has 3 rings (SSSR count). The Balaban J connectivity index is 2.09. The second-order valence-electron chi connectivity index (χ2n) is 4.27. The molecular formula is C12H13N3O2. The van der Waals surface area contributed by atoms with E-state index in [0.29, 0.717) is 5.52 Å². The maximum Gasteiger partial charge on any atom is 0.339 e. The minimum absolute atomic E-state index is 0.256. The number of anilines is 1. The molecule has 0 unspecified atom stereocenters. The van der Waals surface area contributed by atoms with E-state index in [2.05, 4.69) is 10.00 Å². The topological polar surface area (TPSA) is 57.8 Å². The van der Waals surface area contributed by atoms with E-state index in [4.69, 9.17) is 5.11 Å². The first-order chi connectivity index (χ1) is 8.25. The van der Waals surface area contributed by atoms with Crippen molar-refractivity contribution in [2.24, 2.45) is 0 Å². The van der Waals surface area contributed by atoms with E-state index in [0.717, 1.165) is 18.8 Å². The average molecular weight is 231 g/mol. The number of rotatable bonds is 2. The second-order valence-corrected chi connectivity index (χ2v) is 4.27. The van der Waals surface area contributed by atoms with E-state index < -0.39 is 5.97 Å². The highest BCUT2D eigenvalue weighted by Gasteiger charge is 2.15. The van der Waals surface area contributed by atoms with Gasteiger partial charge in [0.15, 0.2) is 0 Å². The second kappa shape index (κ2) is 3.76. The fraction of sp³-hybridized carbons (Fsp3) is 0.333. The van der Waals surface area contributed by atoms with Crippen molar-refractivity contribution in [3.05, 3.63) is 30.1 Å². The first kappa shape index (κ1) is 10.1. The van der Waals surface area contributed by atoms with Crippen LogP contribution in [0, 0.1) is 0 Å². The Morgan fingerprint density at radius 2 is 2.12 bits per heavy atom. The number of carboxylic acid groups (broad SMARTS) is 1. The largest absolute Gasteiger partial charge is 0.478 e. The first-order valence-electron chi connectivity index (χ1n) is 5.71.